The van der Waals surface area contributed by atoms with E-state index in [1.165, 1.54) is 11.9 Å². The number of likely N-dealkylation sites (N-methyl/N-ethyl adjacent to an activating group) is 1. The molecule has 0 unspecified atom stereocenters. The lowest BCUT2D eigenvalue weighted by Crippen LogP contribution is -2.49. The van der Waals surface area contributed by atoms with Crippen LogP contribution in [0.5, 0.6) is 5.88 Å². The van der Waals surface area contributed by atoms with Gasteiger partial charge in [-0.25, -0.2) is 14.0 Å². The number of halogens is 1. The van der Waals surface area contributed by atoms with E-state index >= 15 is 4.39 Å². The van der Waals surface area contributed by atoms with Crippen LogP contribution in [0.2, 0.25) is 0 Å². The van der Waals surface area contributed by atoms with Gasteiger partial charge in [-0.3, -0.25) is 29.0 Å². The van der Waals surface area contributed by atoms with Crippen molar-refractivity contribution >= 4 is 17.8 Å². The molecule has 2 aliphatic carbocycles. The lowest BCUT2D eigenvalue weighted by atomic mass is 9.70. The van der Waals surface area contributed by atoms with Crippen LogP contribution in [0.15, 0.2) is 9.59 Å². The van der Waals surface area contributed by atoms with Gasteiger partial charge in [0.05, 0.1) is 19.8 Å². The number of hydrogen-bond acceptors (Lipinski definition) is 7. The number of carbonyl (C=O) groups excluding carboxylic acids is 2. The van der Waals surface area contributed by atoms with Crippen molar-refractivity contribution in [1.82, 2.24) is 18.9 Å². The molecule has 220 valence electrons. The number of rotatable bonds is 8. The summed E-state index contributed by atoms with van der Waals surface area (Å²) in [5.41, 5.74) is 1.46. The van der Waals surface area contributed by atoms with E-state index in [2.05, 4.69) is 6.92 Å². The second-order valence-electron chi connectivity index (χ2n) is 12.5. The average molecular weight is 563 g/mol. The highest BCUT2D eigenvalue weighted by atomic mass is 19.1. The summed E-state index contributed by atoms with van der Waals surface area (Å²) in [5.74, 6) is -1.48. The third-order valence-corrected chi connectivity index (χ3v) is 9.46. The zero-order valence-corrected chi connectivity index (χ0v) is 23.2. The van der Waals surface area contributed by atoms with Crippen molar-refractivity contribution in [2.24, 2.45) is 17.1 Å². The molecule has 4 aliphatic rings. The molecule has 13 heteroatoms. The number of imide groups is 1. The number of ether oxygens (including phenoxy) is 1. The van der Waals surface area contributed by atoms with Gasteiger partial charge in [0.2, 0.25) is 5.88 Å². The zero-order valence-electron chi connectivity index (χ0n) is 23.2. The van der Waals surface area contributed by atoms with Crippen LogP contribution < -0.4 is 17.0 Å². The molecule has 4 N–H and O–H groups in total. The Morgan fingerprint density at radius 2 is 1.75 bits per heavy atom. The highest BCUT2D eigenvalue weighted by Crippen LogP contribution is 2.45. The van der Waals surface area contributed by atoms with E-state index in [0.717, 1.165) is 9.13 Å². The Kier molecular flexibility index (Phi) is 7.30. The van der Waals surface area contributed by atoms with E-state index in [9.17, 15) is 24.3 Å². The van der Waals surface area contributed by atoms with Crippen molar-refractivity contribution in [3.63, 3.8) is 0 Å². The Hall–Kier alpha value is -3.22. The minimum atomic E-state index is -1.68. The lowest BCUT2D eigenvalue weighted by molar-refractivity contribution is -0.129. The Bertz CT molecular complexity index is 1320. The van der Waals surface area contributed by atoms with Crippen LogP contribution in [0.3, 0.4) is 0 Å². The number of nitrogens with one attached hydrogen (secondary N) is 1. The Morgan fingerprint density at radius 1 is 1.12 bits per heavy atom. The molecule has 4 fully saturated rings. The minimum Gasteiger partial charge on any atom is -0.494 e. The van der Waals surface area contributed by atoms with Crippen molar-refractivity contribution in [1.29, 1.82) is 5.41 Å². The van der Waals surface area contributed by atoms with Crippen molar-refractivity contribution in [2.75, 3.05) is 26.8 Å². The minimum absolute atomic E-state index is 0.209. The monoisotopic (exact) mass is 562 g/mol. The Morgan fingerprint density at radius 3 is 2.30 bits per heavy atom. The van der Waals surface area contributed by atoms with Gasteiger partial charge in [-0.1, -0.05) is 19.8 Å². The fourth-order valence-corrected chi connectivity index (χ4v) is 6.89. The molecule has 40 heavy (non-hydrogen) atoms. The van der Waals surface area contributed by atoms with Crippen LogP contribution in [-0.2, 0) is 16.1 Å². The number of nitrogen functional groups attached to an aromatic ring is 1. The topological polar surface area (TPSA) is 164 Å². The lowest BCUT2D eigenvalue weighted by Gasteiger charge is -2.41. The number of amidine groups is 1. The summed E-state index contributed by atoms with van der Waals surface area (Å²) < 4.78 is 22.5. The summed E-state index contributed by atoms with van der Waals surface area (Å²) in [4.78, 5) is 55.5. The molecule has 2 aliphatic heterocycles. The van der Waals surface area contributed by atoms with Gasteiger partial charge in [0.1, 0.15) is 23.1 Å². The predicted molar refractivity (Wildman–Crippen MR) is 143 cm³/mol. The highest BCUT2D eigenvalue weighted by molar-refractivity contribution is 6.04. The van der Waals surface area contributed by atoms with E-state index in [1.807, 2.05) is 0 Å². The maximum Gasteiger partial charge on any atom is 0.334 e. The van der Waals surface area contributed by atoms with Crippen LogP contribution in [0.1, 0.15) is 76.3 Å². The highest BCUT2D eigenvalue weighted by Gasteiger charge is 2.48. The van der Waals surface area contributed by atoms with Gasteiger partial charge in [0.15, 0.2) is 0 Å². The molecule has 0 aromatic carbocycles. The average Bonchev–Trinajstić information content (AvgIpc) is 3.38. The summed E-state index contributed by atoms with van der Waals surface area (Å²) in [6.07, 6.45) is 4.30. The smallest absolute Gasteiger partial charge is 0.334 e. The molecule has 1 atom stereocenters. The molecule has 1 aromatic heterocycles. The van der Waals surface area contributed by atoms with Gasteiger partial charge in [0, 0.05) is 25.6 Å². The predicted octanol–water partition coefficient (Wildman–Crippen LogP) is 1.70. The largest absolute Gasteiger partial charge is 0.494 e. The molecular formula is C27H39FN6O6. The van der Waals surface area contributed by atoms with Crippen LogP contribution in [0, 0.1) is 16.7 Å². The van der Waals surface area contributed by atoms with Gasteiger partial charge < -0.3 is 20.5 Å². The number of aromatic nitrogens is 2. The van der Waals surface area contributed by atoms with Crippen molar-refractivity contribution in [3.05, 3.63) is 26.4 Å². The first-order chi connectivity index (χ1) is 18.8. The fourth-order valence-electron chi connectivity index (χ4n) is 6.89. The van der Waals surface area contributed by atoms with Crippen molar-refractivity contribution in [3.8, 4) is 5.88 Å². The first-order valence-electron chi connectivity index (χ1n) is 14.1. The normalized spacial score (nSPS) is 28.8. The first-order valence-corrected chi connectivity index (χ1v) is 14.1. The Labute approximate surface area is 231 Å². The molecule has 5 rings (SSSR count). The summed E-state index contributed by atoms with van der Waals surface area (Å²) in [6.45, 7) is 3.24. The standard InChI is InChI=1S/C27H39FN6O6/c1-26(11-18-21(35)31(2)24(38)32(18)12-16-13-40-14-16)9-5-17(6-10-26)34-23(37)19(20(29)30)22(36)33(25(34)39)15-27(28)7-3-4-8-27/h16-18,36H,3-15H2,1-2H3,(H3,29,30)/t17?,18-,26?/m1/s1. The molecule has 12 nitrogen and oxygen atoms in total. The van der Waals surface area contributed by atoms with E-state index < -0.39 is 52.8 Å². The summed E-state index contributed by atoms with van der Waals surface area (Å²) in [7, 11) is 1.50. The second-order valence-corrected chi connectivity index (χ2v) is 12.5. The number of nitrogens with two attached hydrogens (primary N) is 1. The van der Waals surface area contributed by atoms with E-state index in [1.54, 1.807) is 4.90 Å². The third kappa shape index (κ3) is 4.92. The number of alkyl halides is 1. The number of urea groups is 1. The number of aromatic hydroxyl groups is 1. The van der Waals surface area contributed by atoms with E-state index in [0.29, 0.717) is 64.7 Å². The second kappa shape index (κ2) is 10.3. The summed E-state index contributed by atoms with van der Waals surface area (Å²) >= 11 is 0. The van der Waals surface area contributed by atoms with Crippen molar-refractivity contribution < 1.29 is 23.8 Å². The zero-order chi connectivity index (χ0) is 29.0. The molecule has 1 aromatic rings. The van der Waals surface area contributed by atoms with Crippen LogP contribution in [0.25, 0.3) is 0 Å². The number of hydrogen-bond donors (Lipinski definition) is 3. The SMILES string of the molecule is CN1C(=O)[C@@H](CC2(C)CCC(n3c(=O)c(C(=N)N)c(O)n(CC4(F)CCCC4)c3=O)CC2)N(CC2COC2)C1=O. The molecule has 0 spiro atoms. The van der Waals surface area contributed by atoms with E-state index in [4.69, 9.17) is 15.9 Å². The van der Waals surface area contributed by atoms with Crippen LogP contribution >= 0.6 is 0 Å². The number of amides is 3. The van der Waals surface area contributed by atoms with Gasteiger partial charge in [0.25, 0.3) is 11.5 Å². The maximum absolute atomic E-state index is 15.4. The molecule has 2 saturated carbocycles. The van der Waals surface area contributed by atoms with Gasteiger partial charge in [-0.05, 0) is 50.4 Å². The number of carbonyl (C=O) groups is 2. The Balaban J connectivity index is 1.38. The fraction of sp³-hybridized carbons (Fsp3) is 0.741. The summed E-state index contributed by atoms with van der Waals surface area (Å²) in [5, 5.41) is 18.6. The van der Waals surface area contributed by atoms with Crippen molar-refractivity contribution in [2.45, 2.75) is 89.0 Å². The number of nitrogens with zero attached hydrogens (tertiary/aromatic N) is 4. The molecule has 3 heterocycles. The van der Waals surface area contributed by atoms with Gasteiger partial charge in [-0.2, -0.15) is 0 Å². The first kappa shape index (κ1) is 28.3. The third-order valence-electron chi connectivity index (χ3n) is 9.46. The summed E-state index contributed by atoms with van der Waals surface area (Å²) in [6, 6.07) is -1.42. The molecule has 0 bridgehead atoms. The van der Waals surface area contributed by atoms with Gasteiger partial charge >= 0.3 is 11.7 Å². The van der Waals surface area contributed by atoms with Crippen LogP contribution in [0.4, 0.5) is 9.18 Å². The molecule has 0 radical (unpaired) electrons. The molecular weight excluding hydrogens is 523 g/mol. The van der Waals surface area contributed by atoms with E-state index in [-0.39, 0.29) is 36.1 Å². The van der Waals surface area contributed by atoms with Gasteiger partial charge in [-0.15, -0.1) is 0 Å². The quantitative estimate of drug-likeness (QED) is 0.247. The molecule has 3 amide bonds. The maximum atomic E-state index is 15.4. The molecule has 2 saturated heterocycles. The van der Waals surface area contributed by atoms with Crippen LogP contribution in [-0.4, -0.2) is 80.3 Å².